The Morgan fingerprint density at radius 3 is 2.91 bits per heavy atom. The Morgan fingerprint density at radius 1 is 1.34 bits per heavy atom. The van der Waals surface area contributed by atoms with E-state index in [4.69, 9.17) is 16.3 Å². The molecule has 0 bridgehead atoms. The van der Waals surface area contributed by atoms with Crippen LogP contribution in [-0.2, 0) is 6.42 Å². The van der Waals surface area contributed by atoms with Crippen molar-refractivity contribution in [3.63, 3.8) is 0 Å². The number of benzene rings is 2. The van der Waals surface area contributed by atoms with Gasteiger partial charge in [-0.25, -0.2) is 4.79 Å². The predicted molar refractivity (Wildman–Crippen MR) is 132 cm³/mol. The Bertz CT molecular complexity index is 914. The van der Waals surface area contributed by atoms with E-state index in [-0.39, 0.29) is 0 Å². The summed E-state index contributed by atoms with van der Waals surface area (Å²) >= 11 is 6.12. The molecular formula is C27H34ClNO3. The number of halogens is 1. The maximum atomic E-state index is 11.6. The van der Waals surface area contributed by atoms with Crippen molar-refractivity contribution in [1.82, 2.24) is 0 Å². The molecule has 5 heteroatoms. The Morgan fingerprint density at radius 2 is 2.19 bits per heavy atom. The molecule has 2 aromatic rings. The Labute approximate surface area is 196 Å². The van der Waals surface area contributed by atoms with E-state index in [0.717, 1.165) is 68.1 Å². The van der Waals surface area contributed by atoms with Crippen LogP contribution in [0.5, 0.6) is 5.75 Å². The second-order valence-corrected chi connectivity index (χ2v) is 9.17. The van der Waals surface area contributed by atoms with E-state index >= 15 is 0 Å². The van der Waals surface area contributed by atoms with Gasteiger partial charge < -0.3 is 14.7 Å². The van der Waals surface area contributed by atoms with Crippen molar-refractivity contribution in [1.29, 1.82) is 0 Å². The van der Waals surface area contributed by atoms with E-state index in [1.165, 1.54) is 5.56 Å². The Hall–Kier alpha value is -2.46. The minimum absolute atomic E-state index is 0.302. The van der Waals surface area contributed by atoms with Gasteiger partial charge in [-0.3, -0.25) is 0 Å². The highest BCUT2D eigenvalue weighted by Crippen LogP contribution is 2.35. The molecule has 2 aromatic carbocycles. The van der Waals surface area contributed by atoms with Gasteiger partial charge in [0.15, 0.2) is 0 Å². The van der Waals surface area contributed by atoms with Crippen LogP contribution in [0.3, 0.4) is 0 Å². The number of carboxylic acids is 1. The van der Waals surface area contributed by atoms with Gasteiger partial charge in [0.2, 0.25) is 0 Å². The van der Waals surface area contributed by atoms with Crippen molar-refractivity contribution < 1.29 is 14.6 Å². The van der Waals surface area contributed by atoms with Crippen LogP contribution < -0.4 is 9.64 Å². The first-order chi connectivity index (χ1) is 15.5. The van der Waals surface area contributed by atoms with Gasteiger partial charge in [-0.1, -0.05) is 43.2 Å². The lowest BCUT2D eigenvalue weighted by Gasteiger charge is -2.30. The van der Waals surface area contributed by atoms with E-state index in [1.807, 2.05) is 30.3 Å². The number of fused-ring (bicyclic) bond motifs is 1. The molecule has 0 spiro atoms. The van der Waals surface area contributed by atoms with E-state index in [2.05, 4.69) is 24.5 Å². The number of rotatable bonds is 11. The first-order valence-electron chi connectivity index (χ1n) is 11.6. The zero-order chi connectivity index (χ0) is 22.9. The third kappa shape index (κ3) is 6.77. The van der Waals surface area contributed by atoms with Crippen LogP contribution >= 0.6 is 11.6 Å². The smallest absolute Gasteiger partial charge is 0.335 e. The fraction of sp³-hybridized carbons (Fsp3) is 0.444. The van der Waals surface area contributed by atoms with Crippen LogP contribution in [0, 0.1) is 11.8 Å². The third-order valence-electron chi connectivity index (χ3n) is 6.30. The fourth-order valence-corrected chi connectivity index (χ4v) is 4.63. The maximum absolute atomic E-state index is 11.6. The van der Waals surface area contributed by atoms with Gasteiger partial charge in [0, 0.05) is 24.0 Å². The number of carboxylic acid groups (broad SMARTS) is 1. The van der Waals surface area contributed by atoms with Gasteiger partial charge in [0.25, 0.3) is 0 Å². The van der Waals surface area contributed by atoms with Gasteiger partial charge in [0.05, 0.1) is 17.9 Å². The summed E-state index contributed by atoms with van der Waals surface area (Å²) < 4.78 is 6.17. The SMILES string of the molecule is C=CCCC(CC)CN1CC(CCCc2cccc(Cl)c2)COc2ccc(C(=O)O)cc21. The largest absolute Gasteiger partial charge is 0.491 e. The molecule has 1 heterocycles. The average Bonchev–Trinajstić information content (AvgIpc) is 2.95. The molecule has 0 radical (unpaired) electrons. The zero-order valence-electron chi connectivity index (χ0n) is 18.9. The van der Waals surface area contributed by atoms with Gasteiger partial charge in [-0.05, 0) is 73.9 Å². The van der Waals surface area contributed by atoms with Crippen LogP contribution in [0.25, 0.3) is 0 Å². The van der Waals surface area contributed by atoms with Crippen molar-refractivity contribution in [2.45, 2.75) is 45.4 Å². The molecule has 4 nitrogen and oxygen atoms in total. The summed E-state index contributed by atoms with van der Waals surface area (Å²) in [6, 6.07) is 13.3. The lowest BCUT2D eigenvalue weighted by molar-refractivity contribution is 0.0697. The second-order valence-electron chi connectivity index (χ2n) is 8.73. The van der Waals surface area contributed by atoms with Crippen LogP contribution in [0.15, 0.2) is 55.1 Å². The van der Waals surface area contributed by atoms with Crippen molar-refractivity contribution in [2.75, 3.05) is 24.6 Å². The standard InChI is InChI=1S/C27H34ClNO3/c1-3-5-8-20(4-2)17-29-18-22(11-6-9-21-10-7-12-24(28)15-21)19-32-26-14-13-23(27(30)31)16-25(26)29/h3,7,10,12-16,20,22H,1,4-6,8-9,11,17-19H2,2H3,(H,30,31). The van der Waals surface area contributed by atoms with Crippen molar-refractivity contribution >= 4 is 23.3 Å². The van der Waals surface area contributed by atoms with Crippen LogP contribution in [0.1, 0.15) is 54.9 Å². The second kappa shape index (κ2) is 12.0. The molecule has 0 fully saturated rings. The lowest BCUT2D eigenvalue weighted by Crippen LogP contribution is -2.34. The summed E-state index contributed by atoms with van der Waals surface area (Å²) in [5.74, 6) is 0.783. The van der Waals surface area contributed by atoms with Gasteiger partial charge >= 0.3 is 5.97 Å². The molecule has 0 amide bonds. The number of nitrogens with zero attached hydrogens (tertiary/aromatic N) is 1. The fourth-order valence-electron chi connectivity index (χ4n) is 4.41. The molecular weight excluding hydrogens is 422 g/mol. The third-order valence-corrected chi connectivity index (χ3v) is 6.54. The number of anilines is 1. The number of aromatic carboxylic acids is 1. The average molecular weight is 456 g/mol. The summed E-state index contributed by atoms with van der Waals surface area (Å²) in [5, 5.41) is 10.3. The summed E-state index contributed by atoms with van der Waals surface area (Å²) in [4.78, 5) is 13.9. The number of aryl methyl sites for hydroxylation is 1. The molecule has 0 aromatic heterocycles. The lowest BCUT2D eigenvalue weighted by atomic mass is 9.96. The molecule has 172 valence electrons. The minimum atomic E-state index is -0.909. The molecule has 0 saturated heterocycles. The van der Waals surface area contributed by atoms with Crippen molar-refractivity contribution in [2.24, 2.45) is 11.8 Å². The van der Waals surface area contributed by atoms with Crippen molar-refractivity contribution in [3.8, 4) is 5.75 Å². The highest BCUT2D eigenvalue weighted by molar-refractivity contribution is 6.30. The summed E-state index contributed by atoms with van der Waals surface area (Å²) in [6.07, 6.45) is 8.24. The predicted octanol–water partition coefficient (Wildman–Crippen LogP) is 6.87. The van der Waals surface area contributed by atoms with Crippen LogP contribution in [0.4, 0.5) is 5.69 Å². The molecule has 1 aliphatic heterocycles. The number of ether oxygens (including phenoxy) is 1. The quantitative estimate of drug-likeness (QED) is 0.375. The van der Waals surface area contributed by atoms with Crippen LogP contribution in [0.2, 0.25) is 5.02 Å². The molecule has 1 N–H and O–H groups in total. The zero-order valence-corrected chi connectivity index (χ0v) is 19.7. The molecule has 0 saturated carbocycles. The maximum Gasteiger partial charge on any atom is 0.335 e. The number of hydrogen-bond acceptors (Lipinski definition) is 3. The van der Waals surface area contributed by atoms with Gasteiger partial charge in [-0.2, -0.15) is 0 Å². The molecule has 0 aliphatic carbocycles. The minimum Gasteiger partial charge on any atom is -0.491 e. The van der Waals surface area contributed by atoms with E-state index in [9.17, 15) is 9.90 Å². The van der Waals surface area contributed by atoms with E-state index in [1.54, 1.807) is 12.1 Å². The van der Waals surface area contributed by atoms with Gasteiger partial charge in [0.1, 0.15) is 5.75 Å². The van der Waals surface area contributed by atoms with E-state index in [0.29, 0.717) is 24.0 Å². The first-order valence-corrected chi connectivity index (χ1v) is 12.0. The van der Waals surface area contributed by atoms with E-state index < -0.39 is 5.97 Å². The normalized spacial score (nSPS) is 16.6. The molecule has 1 aliphatic rings. The molecule has 2 unspecified atom stereocenters. The summed E-state index contributed by atoms with van der Waals surface area (Å²) in [7, 11) is 0. The summed E-state index contributed by atoms with van der Waals surface area (Å²) in [5.41, 5.74) is 2.46. The Balaban J connectivity index is 1.73. The highest BCUT2D eigenvalue weighted by Gasteiger charge is 2.25. The van der Waals surface area contributed by atoms with Crippen LogP contribution in [-0.4, -0.2) is 30.8 Å². The van der Waals surface area contributed by atoms with Gasteiger partial charge in [-0.15, -0.1) is 6.58 Å². The highest BCUT2D eigenvalue weighted by atomic mass is 35.5. The number of carbonyl (C=O) groups is 1. The van der Waals surface area contributed by atoms with Crippen molar-refractivity contribution in [3.05, 3.63) is 71.3 Å². The first kappa shape index (κ1) is 24.2. The molecule has 3 rings (SSSR count). The number of hydrogen-bond donors (Lipinski definition) is 1. The topological polar surface area (TPSA) is 49.8 Å². The Kier molecular flexibility index (Phi) is 9.04. The summed E-state index contributed by atoms with van der Waals surface area (Å²) in [6.45, 7) is 8.50. The molecule has 32 heavy (non-hydrogen) atoms. The molecule has 2 atom stereocenters. The number of allylic oxidation sites excluding steroid dienone is 1. The monoisotopic (exact) mass is 455 g/mol.